The molecule has 4 aliphatic rings. The molecule has 0 aromatic rings. The molecule has 0 aliphatic carbocycles. The van der Waals surface area contributed by atoms with Crippen LogP contribution in [0.2, 0.25) is 0 Å². The van der Waals surface area contributed by atoms with Gasteiger partial charge in [0.05, 0.1) is 18.1 Å². The first kappa shape index (κ1) is 21.2. The van der Waals surface area contributed by atoms with Crippen molar-refractivity contribution in [3.8, 4) is 0 Å². The number of hydrogen-bond donors (Lipinski definition) is 3. The van der Waals surface area contributed by atoms with Gasteiger partial charge in [-0.05, 0) is 45.2 Å². The van der Waals surface area contributed by atoms with E-state index in [9.17, 15) is 19.8 Å². The summed E-state index contributed by atoms with van der Waals surface area (Å²) in [7, 11) is 0. The van der Waals surface area contributed by atoms with E-state index in [4.69, 9.17) is 0 Å². The summed E-state index contributed by atoms with van der Waals surface area (Å²) in [6.45, 7) is 10.1. The Kier molecular flexibility index (Phi) is 5.99. The summed E-state index contributed by atoms with van der Waals surface area (Å²) in [6.07, 6.45) is 2.72. The molecule has 3 N–H and O–H groups in total. The second-order valence-electron chi connectivity index (χ2n) is 9.18. The highest BCUT2D eigenvalue weighted by Crippen LogP contribution is 2.51. The molecule has 0 saturated carbocycles. The maximum Gasteiger partial charge on any atom is 0.353 e. The molecule has 0 spiro atoms. The normalized spacial score (nSPS) is 38.5. The van der Waals surface area contributed by atoms with Crippen molar-refractivity contribution in [2.24, 2.45) is 17.8 Å². The lowest BCUT2D eigenvalue weighted by molar-refractivity contribution is -0.163. The summed E-state index contributed by atoms with van der Waals surface area (Å²) in [5, 5.41) is 23.7. The molecule has 162 valence electrons. The van der Waals surface area contributed by atoms with Crippen molar-refractivity contribution >= 4 is 23.6 Å². The van der Waals surface area contributed by atoms with Gasteiger partial charge in [-0.3, -0.25) is 4.79 Å². The first-order chi connectivity index (χ1) is 13.8. The van der Waals surface area contributed by atoms with Gasteiger partial charge < -0.3 is 25.3 Å². The third-order valence-electron chi connectivity index (χ3n) is 7.16. The third kappa shape index (κ3) is 3.73. The zero-order valence-corrected chi connectivity index (χ0v) is 18.3. The first-order valence-corrected chi connectivity index (χ1v) is 11.8. The van der Waals surface area contributed by atoms with Crippen LogP contribution < -0.4 is 5.32 Å². The molecule has 0 aromatic carbocycles. The number of nitrogens with one attached hydrogen (secondary N) is 1. The largest absolute Gasteiger partial charge is 0.477 e. The van der Waals surface area contributed by atoms with E-state index in [1.54, 1.807) is 18.7 Å². The number of rotatable bonds is 7. The molecule has 3 saturated heterocycles. The van der Waals surface area contributed by atoms with Crippen molar-refractivity contribution in [3.63, 3.8) is 0 Å². The van der Waals surface area contributed by atoms with Gasteiger partial charge in [0.1, 0.15) is 5.70 Å². The van der Waals surface area contributed by atoms with Crippen LogP contribution in [-0.2, 0) is 9.59 Å². The number of carbonyl (C=O) groups excluding carboxylic acids is 1. The fourth-order valence-corrected chi connectivity index (χ4v) is 7.15. The molecule has 29 heavy (non-hydrogen) atoms. The van der Waals surface area contributed by atoms with Gasteiger partial charge in [0.25, 0.3) is 0 Å². The van der Waals surface area contributed by atoms with Crippen LogP contribution in [0, 0.1) is 17.8 Å². The molecule has 0 bridgehead atoms. The van der Waals surface area contributed by atoms with E-state index in [1.807, 2.05) is 6.92 Å². The van der Waals surface area contributed by atoms with Crippen molar-refractivity contribution in [2.45, 2.75) is 63.5 Å². The lowest BCUT2D eigenvalue weighted by Gasteiger charge is -2.46. The smallest absolute Gasteiger partial charge is 0.353 e. The summed E-state index contributed by atoms with van der Waals surface area (Å²) in [5.41, 5.74) is 0.152. The van der Waals surface area contributed by atoms with Crippen LogP contribution in [-0.4, -0.2) is 81.5 Å². The number of aliphatic hydroxyl groups is 1. The molecule has 7 nitrogen and oxygen atoms in total. The Morgan fingerprint density at radius 3 is 2.79 bits per heavy atom. The van der Waals surface area contributed by atoms with Crippen LogP contribution in [0.4, 0.5) is 0 Å². The topological polar surface area (TPSA) is 93.1 Å². The number of hydrogen-bond acceptors (Lipinski definition) is 6. The van der Waals surface area contributed by atoms with Crippen molar-refractivity contribution in [1.29, 1.82) is 0 Å². The van der Waals surface area contributed by atoms with Gasteiger partial charge in [-0.25, -0.2) is 4.79 Å². The number of carbonyl (C=O) groups is 2. The van der Waals surface area contributed by atoms with Crippen LogP contribution in [0.15, 0.2) is 10.6 Å². The fraction of sp³-hybridized carbons (Fsp3) is 0.810. The lowest BCUT2D eigenvalue weighted by atomic mass is 9.79. The summed E-state index contributed by atoms with van der Waals surface area (Å²) in [4.78, 5) is 29.2. The van der Waals surface area contributed by atoms with Gasteiger partial charge in [-0.15, -0.1) is 11.8 Å². The van der Waals surface area contributed by atoms with Gasteiger partial charge in [0.2, 0.25) is 5.91 Å². The number of carboxylic acids is 1. The molecule has 3 fully saturated rings. The van der Waals surface area contributed by atoms with Crippen LogP contribution in [0.5, 0.6) is 0 Å². The predicted octanol–water partition coefficient (Wildman–Crippen LogP) is 1.34. The Morgan fingerprint density at radius 2 is 2.17 bits per heavy atom. The predicted molar refractivity (Wildman–Crippen MR) is 112 cm³/mol. The number of nitrogens with zero attached hydrogens (tertiary/aromatic N) is 2. The van der Waals surface area contributed by atoms with Gasteiger partial charge in [-0.2, -0.15) is 0 Å². The number of aliphatic carboxylic acids is 1. The Balaban J connectivity index is 1.40. The van der Waals surface area contributed by atoms with Crippen LogP contribution >= 0.6 is 11.8 Å². The van der Waals surface area contributed by atoms with Gasteiger partial charge >= 0.3 is 5.97 Å². The average molecular weight is 424 g/mol. The number of fused-ring (bicyclic) bond motifs is 1. The highest BCUT2D eigenvalue weighted by atomic mass is 32.2. The van der Waals surface area contributed by atoms with E-state index in [2.05, 4.69) is 17.1 Å². The fourth-order valence-electron chi connectivity index (χ4n) is 5.63. The molecule has 4 heterocycles. The molecular formula is C21H33N3O4S. The van der Waals surface area contributed by atoms with E-state index in [1.165, 1.54) is 17.7 Å². The van der Waals surface area contributed by atoms with E-state index in [0.717, 1.165) is 37.5 Å². The van der Waals surface area contributed by atoms with Crippen molar-refractivity contribution in [2.75, 3.05) is 26.2 Å². The van der Waals surface area contributed by atoms with Gasteiger partial charge in [-0.1, -0.05) is 13.8 Å². The second kappa shape index (κ2) is 8.21. The minimum absolute atomic E-state index is 0.0400. The number of carboxylic acid groups (broad SMARTS) is 1. The van der Waals surface area contributed by atoms with Crippen molar-refractivity contribution in [3.05, 3.63) is 10.6 Å². The molecule has 0 aromatic heterocycles. The second-order valence-corrected chi connectivity index (χ2v) is 10.5. The van der Waals surface area contributed by atoms with Crippen molar-refractivity contribution in [1.82, 2.24) is 15.1 Å². The summed E-state index contributed by atoms with van der Waals surface area (Å²) in [6, 6.07) is 0.434. The van der Waals surface area contributed by atoms with E-state index in [0.29, 0.717) is 17.2 Å². The Bertz CT molecular complexity index is 712. The molecular weight excluding hydrogens is 390 g/mol. The van der Waals surface area contributed by atoms with Crippen molar-refractivity contribution < 1.29 is 19.8 Å². The maximum absolute atomic E-state index is 12.5. The number of thioether (sulfide) groups is 1. The highest BCUT2D eigenvalue weighted by molar-refractivity contribution is 8.03. The van der Waals surface area contributed by atoms with Crippen LogP contribution in [0.3, 0.4) is 0 Å². The average Bonchev–Trinajstić information content (AvgIpc) is 3.35. The number of aliphatic hydroxyl groups excluding tert-OH is 1. The number of amides is 1. The van der Waals surface area contributed by atoms with Gasteiger partial charge in [0.15, 0.2) is 0 Å². The van der Waals surface area contributed by atoms with Crippen LogP contribution in [0.1, 0.15) is 40.0 Å². The highest BCUT2D eigenvalue weighted by Gasteiger charge is 2.60. The molecule has 7 atom stereocenters. The molecule has 4 rings (SSSR count). The summed E-state index contributed by atoms with van der Waals surface area (Å²) >= 11 is 1.66. The lowest BCUT2D eigenvalue weighted by Crippen LogP contribution is -2.63. The molecule has 0 radical (unpaired) electrons. The first-order valence-electron chi connectivity index (χ1n) is 10.9. The van der Waals surface area contributed by atoms with Gasteiger partial charge in [0, 0.05) is 35.2 Å². The minimum atomic E-state index is -1.03. The zero-order valence-electron chi connectivity index (χ0n) is 17.5. The minimum Gasteiger partial charge on any atom is -0.477 e. The monoisotopic (exact) mass is 423 g/mol. The van der Waals surface area contributed by atoms with E-state index in [-0.39, 0.29) is 23.6 Å². The summed E-state index contributed by atoms with van der Waals surface area (Å²) < 4.78 is 0. The molecule has 1 amide bonds. The summed E-state index contributed by atoms with van der Waals surface area (Å²) in [5.74, 6) is -1.11. The standard InChI is InChI=1S/C21H33N3O4S/c1-4-14-7-13(8-22-14)9-23-6-5-15(10-23)29-19-11(2)17-16(12(3)25)20(26)24(17)18(19)21(27)28/h11-17,22,25H,4-10H2,1-3H3,(H,27,28)/t11-,12-,13+,14-,15-,16-,17-/m1/s1. The van der Waals surface area contributed by atoms with E-state index < -0.39 is 18.0 Å². The number of likely N-dealkylation sites (tertiary alicyclic amines) is 1. The van der Waals surface area contributed by atoms with E-state index >= 15 is 0 Å². The zero-order chi connectivity index (χ0) is 20.9. The SMILES string of the molecule is CC[C@@H]1C[C@H](CN2CC[C@@H](SC3=C(C(=O)O)N4C(=O)[C@H]([C@@H](C)O)[C@H]4[C@H]3C)C2)CN1. The molecule has 0 unspecified atom stereocenters. The quantitative estimate of drug-likeness (QED) is 0.532. The Labute approximate surface area is 176 Å². The number of β-lactam (4-membered cyclic amide) rings is 1. The molecule has 4 aliphatic heterocycles. The third-order valence-corrected chi connectivity index (χ3v) is 8.69. The van der Waals surface area contributed by atoms with Crippen LogP contribution in [0.25, 0.3) is 0 Å². The maximum atomic E-state index is 12.5. The molecule has 8 heteroatoms. The Morgan fingerprint density at radius 1 is 1.41 bits per heavy atom. The Hall–Kier alpha value is -1.09.